The first kappa shape index (κ1) is 23.6. The summed E-state index contributed by atoms with van der Waals surface area (Å²) in [5.41, 5.74) is 4.67. The number of thioether (sulfide) groups is 1. The van der Waals surface area contributed by atoms with Crippen molar-refractivity contribution in [2.24, 2.45) is 0 Å². The van der Waals surface area contributed by atoms with Gasteiger partial charge < -0.3 is 9.88 Å². The highest BCUT2D eigenvalue weighted by molar-refractivity contribution is 7.99. The Morgan fingerprint density at radius 3 is 2.60 bits per heavy atom. The zero-order valence-corrected chi connectivity index (χ0v) is 20.9. The quantitative estimate of drug-likeness (QED) is 0.262. The highest BCUT2D eigenvalue weighted by Crippen LogP contribution is 2.28. The van der Waals surface area contributed by atoms with Gasteiger partial charge in [0, 0.05) is 28.5 Å². The minimum absolute atomic E-state index is 0.103. The van der Waals surface area contributed by atoms with Crippen LogP contribution in [-0.4, -0.2) is 38.0 Å². The molecule has 5 rings (SSSR count). The van der Waals surface area contributed by atoms with Gasteiger partial charge in [0.05, 0.1) is 11.3 Å². The molecule has 35 heavy (non-hydrogen) atoms. The molecule has 0 aliphatic heterocycles. The van der Waals surface area contributed by atoms with Gasteiger partial charge in [0.2, 0.25) is 11.1 Å². The van der Waals surface area contributed by atoms with Crippen LogP contribution in [-0.2, 0) is 17.8 Å². The Balaban J connectivity index is 1.29. The maximum absolute atomic E-state index is 12.4. The van der Waals surface area contributed by atoms with E-state index in [-0.39, 0.29) is 11.7 Å². The van der Waals surface area contributed by atoms with Crippen molar-refractivity contribution >= 4 is 62.9 Å². The van der Waals surface area contributed by atoms with Crippen molar-refractivity contribution < 1.29 is 4.79 Å². The van der Waals surface area contributed by atoms with Crippen LogP contribution in [0, 0.1) is 0 Å². The summed E-state index contributed by atoms with van der Waals surface area (Å²) in [5.74, 6) is 0.0918. The van der Waals surface area contributed by atoms with Gasteiger partial charge in [0.1, 0.15) is 5.52 Å². The fraction of sp³-hybridized carbons (Fsp3) is 0.154. The zero-order chi connectivity index (χ0) is 24.2. The van der Waals surface area contributed by atoms with Crippen molar-refractivity contribution in [3.63, 3.8) is 0 Å². The van der Waals surface area contributed by atoms with E-state index in [9.17, 15) is 4.79 Å². The van der Waals surface area contributed by atoms with Gasteiger partial charge in [-0.1, -0.05) is 89.6 Å². The number of aromatic nitrogens is 4. The lowest BCUT2D eigenvalue weighted by atomic mass is 10.1. The van der Waals surface area contributed by atoms with Crippen molar-refractivity contribution in [2.45, 2.75) is 18.1 Å². The first-order valence-corrected chi connectivity index (χ1v) is 12.8. The lowest BCUT2D eigenvalue weighted by Gasteiger charge is -2.08. The highest BCUT2D eigenvalue weighted by Gasteiger charge is 2.16. The molecule has 5 aromatic rings. The minimum atomic E-state index is -0.103. The number of nitrogens with zero attached hydrogens (tertiary/aromatic N) is 4. The van der Waals surface area contributed by atoms with Gasteiger partial charge in [-0.3, -0.25) is 4.79 Å². The molecule has 0 bridgehead atoms. The summed E-state index contributed by atoms with van der Waals surface area (Å²) in [4.78, 5) is 17.2. The molecule has 1 N–H and O–H groups in total. The molecule has 0 aliphatic carbocycles. The van der Waals surface area contributed by atoms with Crippen LogP contribution < -0.4 is 5.32 Å². The van der Waals surface area contributed by atoms with E-state index in [0.717, 1.165) is 27.6 Å². The molecule has 0 spiro atoms. The largest absolute Gasteiger partial charge is 0.355 e. The van der Waals surface area contributed by atoms with Crippen LogP contribution in [0.25, 0.3) is 22.1 Å². The first-order valence-electron chi connectivity index (χ1n) is 11.1. The Labute approximate surface area is 216 Å². The monoisotopic (exact) mass is 521 g/mol. The van der Waals surface area contributed by atoms with E-state index < -0.39 is 0 Å². The molecule has 9 heteroatoms. The number of rotatable bonds is 8. The van der Waals surface area contributed by atoms with Gasteiger partial charge in [-0.2, -0.15) is 0 Å². The summed E-state index contributed by atoms with van der Waals surface area (Å²) >= 11 is 13.4. The Kier molecular flexibility index (Phi) is 7.18. The lowest BCUT2D eigenvalue weighted by Crippen LogP contribution is -2.27. The summed E-state index contributed by atoms with van der Waals surface area (Å²) in [7, 11) is 0. The molecule has 0 aliphatic rings. The number of fused-ring (bicyclic) bond motifs is 3. The van der Waals surface area contributed by atoms with E-state index in [2.05, 4.69) is 38.3 Å². The predicted octanol–water partition coefficient (Wildman–Crippen LogP) is 5.79. The molecule has 0 fully saturated rings. The van der Waals surface area contributed by atoms with Crippen molar-refractivity contribution in [1.82, 2.24) is 25.1 Å². The molecule has 2 aromatic heterocycles. The fourth-order valence-electron chi connectivity index (χ4n) is 3.92. The summed E-state index contributed by atoms with van der Waals surface area (Å²) < 4.78 is 2.15. The molecule has 2 heterocycles. The van der Waals surface area contributed by atoms with Crippen molar-refractivity contribution in [3.05, 3.63) is 94.0 Å². The summed E-state index contributed by atoms with van der Waals surface area (Å²) in [5, 5.41) is 14.3. The molecule has 6 nitrogen and oxygen atoms in total. The number of carbonyl (C=O) groups excluding carboxylic acids is 1. The number of nitrogens with one attached hydrogen (secondary N) is 1. The third-order valence-corrected chi connectivity index (χ3v) is 7.03. The van der Waals surface area contributed by atoms with E-state index in [1.165, 1.54) is 17.3 Å². The van der Waals surface area contributed by atoms with E-state index in [0.29, 0.717) is 34.7 Å². The number of amides is 1. The molecule has 0 radical (unpaired) electrons. The van der Waals surface area contributed by atoms with Gasteiger partial charge in [-0.05, 0) is 35.7 Å². The molecule has 0 unspecified atom stereocenters. The molecular weight excluding hydrogens is 501 g/mol. The second kappa shape index (κ2) is 10.6. The van der Waals surface area contributed by atoms with Crippen molar-refractivity contribution in [1.29, 1.82) is 0 Å². The zero-order valence-electron chi connectivity index (χ0n) is 18.6. The number of halogens is 2. The molecule has 0 saturated heterocycles. The third kappa shape index (κ3) is 5.42. The molecule has 0 atom stereocenters. The van der Waals surface area contributed by atoms with Gasteiger partial charge in [-0.15, -0.1) is 10.2 Å². The lowest BCUT2D eigenvalue weighted by molar-refractivity contribution is -0.118. The number of hydrogen-bond donors (Lipinski definition) is 1. The Morgan fingerprint density at radius 1 is 0.971 bits per heavy atom. The van der Waals surface area contributed by atoms with Gasteiger partial charge in [0.15, 0.2) is 5.65 Å². The van der Waals surface area contributed by atoms with E-state index in [1.54, 1.807) is 12.1 Å². The second-order valence-corrected chi connectivity index (χ2v) is 9.77. The maximum Gasteiger partial charge on any atom is 0.230 e. The minimum Gasteiger partial charge on any atom is -0.355 e. The van der Waals surface area contributed by atoms with Gasteiger partial charge in [-0.25, -0.2) is 4.98 Å². The number of para-hydroxylation sites is 1. The van der Waals surface area contributed by atoms with Crippen LogP contribution in [0.5, 0.6) is 0 Å². The number of benzene rings is 3. The van der Waals surface area contributed by atoms with Crippen molar-refractivity contribution in [2.75, 3.05) is 12.3 Å². The smallest absolute Gasteiger partial charge is 0.230 e. The maximum atomic E-state index is 12.4. The van der Waals surface area contributed by atoms with E-state index in [4.69, 9.17) is 28.2 Å². The van der Waals surface area contributed by atoms with Crippen LogP contribution >= 0.6 is 35.0 Å². The average Bonchev–Trinajstić information content (AvgIpc) is 3.18. The van der Waals surface area contributed by atoms with Gasteiger partial charge in [0.25, 0.3) is 0 Å². The Hall–Kier alpha value is -3.13. The average molecular weight is 522 g/mol. The predicted molar refractivity (Wildman–Crippen MR) is 142 cm³/mol. The second-order valence-electron chi connectivity index (χ2n) is 7.98. The molecule has 176 valence electrons. The number of carbonyl (C=O) groups is 1. The fourth-order valence-corrected chi connectivity index (χ4v) is 5.03. The van der Waals surface area contributed by atoms with Crippen LogP contribution in [0.3, 0.4) is 0 Å². The van der Waals surface area contributed by atoms with Crippen LogP contribution in [0.15, 0.2) is 78.0 Å². The van der Waals surface area contributed by atoms with Crippen LogP contribution in [0.4, 0.5) is 0 Å². The molecular formula is C26H21Cl2N5OS. The van der Waals surface area contributed by atoms with E-state index in [1.807, 2.05) is 42.5 Å². The third-order valence-electron chi connectivity index (χ3n) is 5.60. The Morgan fingerprint density at radius 2 is 1.77 bits per heavy atom. The Bertz CT molecular complexity index is 1510. The molecule has 0 saturated carbocycles. The number of hydrogen-bond acceptors (Lipinski definition) is 5. The van der Waals surface area contributed by atoms with E-state index >= 15 is 0 Å². The molecule has 1 amide bonds. The van der Waals surface area contributed by atoms with Crippen LogP contribution in [0.1, 0.15) is 11.1 Å². The first-order chi connectivity index (χ1) is 17.1. The standard InChI is InChI=1S/C26H21Cl2N5OS/c27-19-11-10-18(21(28)14-19)12-13-29-23(34)16-35-26-30-25-24(31-32-26)20-8-4-5-9-22(20)33(25)15-17-6-2-1-3-7-17/h1-11,14H,12-13,15-16H2,(H,29,34). The normalized spacial score (nSPS) is 11.3. The van der Waals surface area contributed by atoms with Gasteiger partial charge >= 0.3 is 0 Å². The highest BCUT2D eigenvalue weighted by atomic mass is 35.5. The van der Waals surface area contributed by atoms with Crippen molar-refractivity contribution in [3.8, 4) is 0 Å². The van der Waals surface area contributed by atoms with Crippen LogP contribution in [0.2, 0.25) is 10.0 Å². The summed E-state index contributed by atoms with van der Waals surface area (Å²) in [6.45, 7) is 1.14. The topological polar surface area (TPSA) is 72.7 Å². The summed E-state index contributed by atoms with van der Waals surface area (Å²) in [6.07, 6.45) is 0.621. The SMILES string of the molecule is O=C(CSc1nnc2c3ccccc3n(Cc3ccccc3)c2n1)NCCc1ccc(Cl)cc1Cl. The summed E-state index contributed by atoms with van der Waals surface area (Å²) in [6, 6.07) is 23.7. The molecule has 3 aromatic carbocycles.